The molecule has 3 rings (SSSR count). The van der Waals surface area contributed by atoms with Crippen molar-refractivity contribution in [3.8, 4) is 11.5 Å². The first-order chi connectivity index (χ1) is 11.2. The van der Waals surface area contributed by atoms with E-state index in [-0.39, 0.29) is 5.91 Å². The van der Waals surface area contributed by atoms with Crippen LogP contribution in [0.25, 0.3) is 0 Å². The Hall–Kier alpha value is -2.14. The summed E-state index contributed by atoms with van der Waals surface area (Å²) in [7, 11) is 0. The van der Waals surface area contributed by atoms with Gasteiger partial charge in [-0.1, -0.05) is 23.8 Å². The van der Waals surface area contributed by atoms with Crippen LogP contribution in [0.2, 0.25) is 0 Å². The Bertz CT molecular complexity index is 685. The third-order valence-electron chi connectivity index (χ3n) is 3.49. The van der Waals surface area contributed by atoms with Gasteiger partial charge in [0.15, 0.2) is 11.5 Å². The first-order valence-corrected chi connectivity index (χ1v) is 8.54. The average molecular weight is 329 g/mol. The molecular formula is C18H19NO3S. The fourth-order valence-corrected chi connectivity index (χ4v) is 2.96. The molecule has 2 aromatic carbocycles. The summed E-state index contributed by atoms with van der Waals surface area (Å²) in [6.45, 7) is 3.69. The lowest BCUT2D eigenvalue weighted by Gasteiger charge is -2.18. The van der Waals surface area contributed by atoms with Gasteiger partial charge in [0.1, 0.15) is 13.2 Å². The monoisotopic (exact) mass is 329 g/mol. The van der Waals surface area contributed by atoms with Gasteiger partial charge in [-0.25, -0.2) is 0 Å². The van der Waals surface area contributed by atoms with Crippen LogP contribution in [-0.4, -0.2) is 24.9 Å². The van der Waals surface area contributed by atoms with Crippen LogP contribution in [0, 0.1) is 6.92 Å². The number of nitrogens with one attached hydrogen (secondary N) is 1. The van der Waals surface area contributed by atoms with E-state index in [1.165, 1.54) is 17.3 Å². The zero-order valence-electron chi connectivity index (χ0n) is 13.0. The van der Waals surface area contributed by atoms with E-state index in [1.807, 2.05) is 30.3 Å². The second kappa shape index (κ2) is 7.42. The Morgan fingerprint density at radius 2 is 1.83 bits per heavy atom. The maximum absolute atomic E-state index is 12.0. The van der Waals surface area contributed by atoms with Crippen LogP contribution >= 0.6 is 11.8 Å². The molecule has 0 spiro atoms. The number of rotatable bonds is 5. The van der Waals surface area contributed by atoms with Crippen molar-refractivity contribution in [2.75, 3.05) is 19.0 Å². The van der Waals surface area contributed by atoms with Crippen LogP contribution in [0.15, 0.2) is 47.4 Å². The molecule has 4 nitrogen and oxygen atoms in total. The number of ether oxygens (including phenoxy) is 2. The quantitative estimate of drug-likeness (QED) is 0.856. The molecule has 1 aliphatic heterocycles. The van der Waals surface area contributed by atoms with Gasteiger partial charge in [0.25, 0.3) is 0 Å². The van der Waals surface area contributed by atoms with E-state index in [9.17, 15) is 4.79 Å². The molecule has 0 atom stereocenters. The molecule has 0 fully saturated rings. The molecule has 5 heteroatoms. The summed E-state index contributed by atoms with van der Waals surface area (Å²) in [4.78, 5) is 13.1. The van der Waals surface area contributed by atoms with E-state index in [1.54, 1.807) is 0 Å². The summed E-state index contributed by atoms with van der Waals surface area (Å²) in [5.41, 5.74) is 2.22. The minimum atomic E-state index is 0.0189. The predicted octanol–water partition coefficient (Wildman–Crippen LogP) is 3.17. The van der Waals surface area contributed by atoms with E-state index in [2.05, 4.69) is 24.4 Å². The number of thioether (sulfide) groups is 1. The standard InChI is InChI=1S/C18H19NO3S/c1-13-2-5-15(6-3-13)23-12-18(20)19-11-14-4-7-16-17(10-14)22-9-8-21-16/h2-7,10H,8-9,11-12H2,1H3,(H,19,20). The lowest BCUT2D eigenvalue weighted by atomic mass is 10.2. The second-order valence-corrected chi connectivity index (χ2v) is 6.41. The molecule has 120 valence electrons. The maximum Gasteiger partial charge on any atom is 0.230 e. The zero-order chi connectivity index (χ0) is 16.1. The molecule has 2 aromatic rings. The van der Waals surface area contributed by atoms with Crippen LogP contribution in [0.1, 0.15) is 11.1 Å². The van der Waals surface area contributed by atoms with Gasteiger partial charge >= 0.3 is 0 Å². The highest BCUT2D eigenvalue weighted by atomic mass is 32.2. The van der Waals surface area contributed by atoms with E-state index in [4.69, 9.17) is 9.47 Å². The highest BCUT2D eigenvalue weighted by Crippen LogP contribution is 2.30. The normalized spacial score (nSPS) is 12.7. The second-order valence-electron chi connectivity index (χ2n) is 5.36. The smallest absolute Gasteiger partial charge is 0.230 e. The van der Waals surface area contributed by atoms with Crippen LogP contribution in [0.3, 0.4) is 0 Å². The van der Waals surface area contributed by atoms with Crippen molar-refractivity contribution in [2.45, 2.75) is 18.4 Å². The Kier molecular flexibility index (Phi) is 5.08. The van der Waals surface area contributed by atoms with Crippen molar-refractivity contribution in [3.63, 3.8) is 0 Å². The summed E-state index contributed by atoms with van der Waals surface area (Å²) >= 11 is 1.54. The van der Waals surface area contributed by atoms with Crippen LogP contribution in [0.5, 0.6) is 11.5 Å². The van der Waals surface area contributed by atoms with E-state index in [0.29, 0.717) is 25.5 Å². The maximum atomic E-state index is 12.0. The summed E-state index contributed by atoms with van der Waals surface area (Å²) < 4.78 is 11.0. The largest absolute Gasteiger partial charge is 0.486 e. The van der Waals surface area contributed by atoms with Crippen molar-refractivity contribution in [1.29, 1.82) is 0 Å². The molecule has 0 aromatic heterocycles. The van der Waals surface area contributed by atoms with E-state index < -0.39 is 0 Å². The first kappa shape index (κ1) is 15.7. The number of carbonyl (C=O) groups is 1. The van der Waals surface area contributed by atoms with E-state index in [0.717, 1.165) is 22.0 Å². The molecular weight excluding hydrogens is 310 g/mol. The van der Waals surface area contributed by atoms with Gasteiger partial charge in [-0.15, -0.1) is 11.8 Å². The first-order valence-electron chi connectivity index (χ1n) is 7.55. The van der Waals surface area contributed by atoms with Crippen LogP contribution in [-0.2, 0) is 11.3 Å². The summed E-state index contributed by atoms with van der Waals surface area (Å²) in [6, 6.07) is 13.9. The highest BCUT2D eigenvalue weighted by Gasteiger charge is 2.12. The Morgan fingerprint density at radius 1 is 1.09 bits per heavy atom. The van der Waals surface area contributed by atoms with Gasteiger partial charge < -0.3 is 14.8 Å². The number of hydrogen-bond donors (Lipinski definition) is 1. The summed E-state index contributed by atoms with van der Waals surface area (Å²) in [5.74, 6) is 1.94. The Morgan fingerprint density at radius 3 is 2.61 bits per heavy atom. The van der Waals surface area contributed by atoms with Gasteiger partial charge in [0.2, 0.25) is 5.91 Å². The molecule has 0 aliphatic carbocycles. The molecule has 1 aliphatic rings. The molecule has 1 amide bonds. The van der Waals surface area contributed by atoms with Crippen molar-refractivity contribution in [2.24, 2.45) is 0 Å². The third-order valence-corrected chi connectivity index (χ3v) is 4.50. The number of aryl methyl sites for hydroxylation is 1. The Balaban J connectivity index is 1.48. The number of fused-ring (bicyclic) bond motifs is 1. The number of hydrogen-bond acceptors (Lipinski definition) is 4. The van der Waals surface area contributed by atoms with E-state index >= 15 is 0 Å². The van der Waals surface area contributed by atoms with Crippen molar-refractivity contribution in [3.05, 3.63) is 53.6 Å². The zero-order valence-corrected chi connectivity index (χ0v) is 13.8. The predicted molar refractivity (Wildman–Crippen MR) is 91.2 cm³/mol. The molecule has 0 saturated carbocycles. The van der Waals surface area contributed by atoms with Crippen molar-refractivity contribution < 1.29 is 14.3 Å². The molecule has 1 heterocycles. The van der Waals surface area contributed by atoms with Gasteiger partial charge in [0.05, 0.1) is 5.75 Å². The minimum absolute atomic E-state index is 0.0189. The average Bonchev–Trinajstić information content (AvgIpc) is 2.59. The molecule has 0 saturated heterocycles. The lowest BCUT2D eigenvalue weighted by molar-refractivity contribution is -0.118. The molecule has 0 unspecified atom stereocenters. The molecule has 1 N–H and O–H groups in total. The van der Waals surface area contributed by atoms with Crippen LogP contribution in [0.4, 0.5) is 0 Å². The number of amides is 1. The summed E-state index contributed by atoms with van der Waals surface area (Å²) in [6.07, 6.45) is 0. The lowest BCUT2D eigenvalue weighted by Crippen LogP contribution is -2.24. The fraction of sp³-hybridized carbons (Fsp3) is 0.278. The topological polar surface area (TPSA) is 47.6 Å². The number of carbonyl (C=O) groups excluding carboxylic acids is 1. The Labute approximate surface area is 140 Å². The van der Waals surface area contributed by atoms with Crippen molar-refractivity contribution in [1.82, 2.24) is 5.32 Å². The van der Waals surface area contributed by atoms with Crippen LogP contribution < -0.4 is 14.8 Å². The minimum Gasteiger partial charge on any atom is -0.486 e. The van der Waals surface area contributed by atoms with Gasteiger partial charge in [-0.3, -0.25) is 4.79 Å². The number of benzene rings is 2. The van der Waals surface area contributed by atoms with Gasteiger partial charge in [-0.2, -0.15) is 0 Å². The molecule has 23 heavy (non-hydrogen) atoms. The summed E-state index contributed by atoms with van der Waals surface area (Å²) in [5, 5.41) is 2.93. The van der Waals surface area contributed by atoms with Gasteiger partial charge in [-0.05, 0) is 36.8 Å². The molecule has 0 radical (unpaired) electrons. The third kappa shape index (κ3) is 4.42. The molecule has 0 bridgehead atoms. The van der Waals surface area contributed by atoms with Crippen molar-refractivity contribution >= 4 is 17.7 Å². The highest BCUT2D eigenvalue weighted by molar-refractivity contribution is 8.00. The fourth-order valence-electron chi connectivity index (χ4n) is 2.23. The SMILES string of the molecule is Cc1ccc(SCC(=O)NCc2ccc3c(c2)OCCO3)cc1. The van der Waals surface area contributed by atoms with Gasteiger partial charge in [0, 0.05) is 11.4 Å².